The summed E-state index contributed by atoms with van der Waals surface area (Å²) in [7, 11) is 0. The van der Waals surface area contributed by atoms with Gasteiger partial charge in [0.15, 0.2) is 0 Å². The normalized spacial score (nSPS) is 12.5. The number of nitrogens with zero attached hydrogens (tertiary/aromatic N) is 2. The second-order valence-corrected chi connectivity index (χ2v) is 7.76. The zero-order chi connectivity index (χ0) is 19.8. The molecule has 0 heterocycles. The van der Waals surface area contributed by atoms with E-state index in [1.165, 1.54) is 41.5 Å². The summed E-state index contributed by atoms with van der Waals surface area (Å²) in [6.45, 7) is 12.8. The topological polar surface area (TPSA) is 24.7 Å². The fraction of sp³-hybridized carbons (Fsp3) is 0.440. The molecule has 0 N–H and O–H groups in total. The highest BCUT2D eigenvalue weighted by molar-refractivity contribution is 6.42. The average molecular weight is 363 g/mol. The molecule has 2 rings (SSSR count). The van der Waals surface area contributed by atoms with Gasteiger partial charge in [-0.3, -0.25) is 9.98 Å². The van der Waals surface area contributed by atoms with Crippen LogP contribution in [-0.2, 0) is 0 Å². The van der Waals surface area contributed by atoms with Gasteiger partial charge in [-0.15, -0.1) is 0 Å². The van der Waals surface area contributed by atoms with Gasteiger partial charge in [0.05, 0.1) is 22.8 Å². The van der Waals surface area contributed by atoms with E-state index in [9.17, 15) is 0 Å². The Kier molecular flexibility index (Phi) is 7.97. The summed E-state index contributed by atoms with van der Waals surface area (Å²) in [6, 6.07) is 13.0. The Morgan fingerprint density at radius 3 is 1.63 bits per heavy atom. The Morgan fingerprint density at radius 1 is 0.667 bits per heavy atom. The standard InChI is InChI=1S/C25H34N2/c1-7-8-9-10-11-25(27-24-16-20(4)13-21(5)17-24)22(6)26-23-14-18(2)12-19(3)15-23/h12-17H,7-11H2,1-6H3. The predicted octanol–water partition coefficient (Wildman–Crippen LogP) is 7.76. The van der Waals surface area contributed by atoms with Crippen LogP contribution in [0, 0.1) is 27.7 Å². The minimum atomic E-state index is 0.979. The molecule has 27 heavy (non-hydrogen) atoms. The molecule has 2 nitrogen and oxygen atoms in total. The maximum Gasteiger partial charge on any atom is 0.0639 e. The number of aryl methyl sites for hydroxylation is 4. The summed E-state index contributed by atoms with van der Waals surface area (Å²) >= 11 is 0. The Balaban J connectivity index is 2.35. The van der Waals surface area contributed by atoms with Gasteiger partial charge in [0, 0.05) is 0 Å². The second kappa shape index (κ2) is 10.2. The van der Waals surface area contributed by atoms with E-state index in [0.29, 0.717) is 0 Å². The van der Waals surface area contributed by atoms with E-state index in [0.717, 1.165) is 35.6 Å². The van der Waals surface area contributed by atoms with Gasteiger partial charge in [0.2, 0.25) is 0 Å². The SMILES string of the molecule is CCCCCCC(=Nc1cc(C)cc(C)c1)C(C)=Nc1cc(C)cc(C)c1. The molecule has 0 unspecified atom stereocenters. The molecule has 0 amide bonds. The predicted molar refractivity (Wildman–Crippen MR) is 120 cm³/mol. The minimum absolute atomic E-state index is 0.979. The molecular formula is C25H34N2. The van der Waals surface area contributed by atoms with Gasteiger partial charge in [0.25, 0.3) is 0 Å². The molecule has 0 atom stereocenters. The first-order chi connectivity index (χ1) is 12.9. The maximum absolute atomic E-state index is 5.00. The van der Waals surface area contributed by atoms with Gasteiger partial charge in [-0.25, -0.2) is 0 Å². The van der Waals surface area contributed by atoms with Crippen molar-refractivity contribution >= 4 is 22.8 Å². The zero-order valence-corrected chi connectivity index (χ0v) is 17.9. The molecule has 0 spiro atoms. The lowest BCUT2D eigenvalue weighted by Crippen LogP contribution is -2.10. The second-order valence-electron chi connectivity index (χ2n) is 7.76. The van der Waals surface area contributed by atoms with Crippen LogP contribution in [0.1, 0.15) is 68.2 Å². The lowest BCUT2D eigenvalue weighted by molar-refractivity contribution is 0.684. The van der Waals surface area contributed by atoms with Crippen LogP contribution in [0.15, 0.2) is 46.4 Å². The lowest BCUT2D eigenvalue weighted by Gasteiger charge is -2.09. The molecule has 0 aliphatic rings. The quantitative estimate of drug-likeness (QED) is 0.339. The molecule has 2 heteroatoms. The van der Waals surface area contributed by atoms with Crippen molar-refractivity contribution in [1.29, 1.82) is 0 Å². The van der Waals surface area contributed by atoms with E-state index in [1.54, 1.807) is 0 Å². The Hall–Kier alpha value is -2.22. The van der Waals surface area contributed by atoms with Gasteiger partial charge in [-0.2, -0.15) is 0 Å². The molecule has 2 aromatic carbocycles. The highest BCUT2D eigenvalue weighted by atomic mass is 14.8. The van der Waals surface area contributed by atoms with E-state index >= 15 is 0 Å². The lowest BCUT2D eigenvalue weighted by atomic mass is 10.1. The summed E-state index contributed by atoms with van der Waals surface area (Å²) in [6.07, 6.45) is 5.92. The van der Waals surface area contributed by atoms with Crippen molar-refractivity contribution in [3.8, 4) is 0 Å². The third-order valence-electron chi connectivity index (χ3n) is 4.66. The number of hydrogen-bond acceptors (Lipinski definition) is 2. The van der Waals surface area contributed by atoms with Crippen LogP contribution in [0.2, 0.25) is 0 Å². The van der Waals surface area contributed by atoms with Crippen LogP contribution in [0.25, 0.3) is 0 Å². The Labute approximate surface area is 165 Å². The molecule has 144 valence electrons. The van der Waals surface area contributed by atoms with Crippen molar-refractivity contribution in [2.45, 2.75) is 73.6 Å². The smallest absolute Gasteiger partial charge is 0.0639 e. The van der Waals surface area contributed by atoms with Gasteiger partial charge in [-0.1, -0.05) is 38.3 Å². The zero-order valence-electron chi connectivity index (χ0n) is 17.9. The highest BCUT2D eigenvalue weighted by Gasteiger charge is 2.07. The third-order valence-corrected chi connectivity index (χ3v) is 4.66. The summed E-state index contributed by atoms with van der Waals surface area (Å²) in [5.41, 5.74) is 9.19. The minimum Gasteiger partial charge on any atom is -0.252 e. The maximum atomic E-state index is 5.00. The number of rotatable bonds is 8. The largest absolute Gasteiger partial charge is 0.252 e. The van der Waals surface area contributed by atoms with Gasteiger partial charge < -0.3 is 0 Å². The molecule has 0 saturated carbocycles. The first-order valence-electron chi connectivity index (χ1n) is 10.2. The van der Waals surface area contributed by atoms with Crippen LogP contribution < -0.4 is 0 Å². The number of aliphatic imine (C=N–C) groups is 2. The first kappa shape index (κ1) is 21.1. The van der Waals surface area contributed by atoms with E-state index < -0.39 is 0 Å². The van der Waals surface area contributed by atoms with Gasteiger partial charge in [-0.05, 0) is 94.0 Å². The van der Waals surface area contributed by atoms with Crippen LogP contribution in [0.5, 0.6) is 0 Å². The molecule has 0 aliphatic carbocycles. The van der Waals surface area contributed by atoms with Crippen molar-refractivity contribution in [3.05, 3.63) is 58.7 Å². The summed E-state index contributed by atoms with van der Waals surface area (Å²) in [5, 5.41) is 0. The van der Waals surface area contributed by atoms with Crippen LogP contribution in [-0.4, -0.2) is 11.4 Å². The number of benzene rings is 2. The number of unbranched alkanes of at least 4 members (excludes halogenated alkanes) is 3. The van der Waals surface area contributed by atoms with Crippen molar-refractivity contribution in [3.63, 3.8) is 0 Å². The van der Waals surface area contributed by atoms with Crippen molar-refractivity contribution < 1.29 is 0 Å². The van der Waals surface area contributed by atoms with Crippen LogP contribution in [0.3, 0.4) is 0 Å². The molecule has 0 radical (unpaired) electrons. The highest BCUT2D eigenvalue weighted by Crippen LogP contribution is 2.21. The summed E-state index contributed by atoms with van der Waals surface area (Å²) in [4.78, 5) is 9.91. The fourth-order valence-electron chi connectivity index (χ4n) is 3.48. The van der Waals surface area contributed by atoms with E-state index in [2.05, 4.69) is 77.9 Å². The van der Waals surface area contributed by atoms with E-state index in [4.69, 9.17) is 9.98 Å². The molecule has 0 saturated heterocycles. The van der Waals surface area contributed by atoms with Gasteiger partial charge in [0.1, 0.15) is 0 Å². The fourth-order valence-corrected chi connectivity index (χ4v) is 3.48. The molecule has 0 aromatic heterocycles. The van der Waals surface area contributed by atoms with Crippen molar-refractivity contribution in [2.75, 3.05) is 0 Å². The Morgan fingerprint density at radius 2 is 1.15 bits per heavy atom. The molecule has 0 aliphatic heterocycles. The third kappa shape index (κ3) is 7.13. The summed E-state index contributed by atoms with van der Waals surface area (Å²) < 4.78 is 0. The average Bonchev–Trinajstić information content (AvgIpc) is 2.55. The van der Waals surface area contributed by atoms with E-state index in [-0.39, 0.29) is 0 Å². The monoisotopic (exact) mass is 362 g/mol. The number of hydrogen-bond donors (Lipinski definition) is 0. The Bertz CT molecular complexity index is 788. The molecule has 0 fully saturated rings. The first-order valence-corrected chi connectivity index (χ1v) is 10.2. The molecular weight excluding hydrogens is 328 g/mol. The van der Waals surface area contributed by atoms with E-state index in [1.807, 2.05) is 0 Å². The molecule has 2 aromatic rings. The molecule has 0 bridgehead atoms. The van der Waals surface area contributed by atoms with Crippen LogP contribution >= 0.6 is 0 Å². The van der Waals surface area contributed by atoms with Crippen molar-refractivity contribution in [2.24, 2.45) is 9.98 Å². The van der Waals surface area contributed by atoms with Gasteiger partial charge >= 0.3 is 0 Å². The summed E-state index contributed by atoms with van der Waals surface area (Å²) in [5.74, 6) is 0. The van der Waals surface area contributed by atoms with Crippen molar-refractivity contribution in [1.82, 2.24) is 0 Å². The van der Waals surface area contributed by atoms with Crippen LogP contribution in [0.4, 0.5) is 11.4 Å².